The van der Waals surface area contributed by atoms with Crippen molar-refractivity contribution in [2.45, 2.75) is 57.7 Å². The highest BCUT2D eigenvalue weighted by molar-refractivity contribution is 5.90. The molecule has 1 amide bonds. The number of carbonyl (C=O) groups is 1. The molecule has 0 atom stereocenters. The number of hydrogen-bond donors (Lipinski definition) is 2. The number of pyridine rings is 1. The van der Waals surface area contributed by atoms with Crippen LogP contribution in [0.15, 0.2) is 53.6 Å². The minimum atomic E-state index is -3.34. The van der Waals surface area contributed by atoms with Gasteiger partial charge in [0.15, 0.2) is 5.65 Å². The second-order valence-corrected chi connectivity index (χ2v) is 11.0. The summed E-state index contributed by atoms with van der Waals surface area (Å²) in [5, 5.41) is 17.2. The lowest BCUT2D eigenvalue weighted by molar-refractivity contribution is -0.0556. The quantitative estimate of drug-likeness (QED) is 0.365. The fourth-order valence-electron chi connectivity index (χ4n) is 4.90. The lowest BCUT2D eigenvalue weighted by Crippen LogP contribution is -2.43. The molecule has 2 N–H and O–H groups in total. The van der Waals surface area contributed by atoms with E-state index in [9.17, 15) is 18.4 Å². The van der Waals surface area contributed by atoms with Crippen LogP contribution in [0.3, 0.4) is 0 Å². The number of hydrogen-bond acceptors (Lipinski definition) is 7. The molecule has 40 heavy (non-hydrogen) atoms. The Hall–Kier alpha value is -4.06. The van der Waals surface area contributed by atoms with Crippen LogP contribution in [0, 0.1) is 0 Å². The number of likely N-dealkylation sites (tertiary alicyclic amines) is 1. The molecule has 5 rings (SSSR count). The summed E-state index contributed by atoms with van der Waals surface area (Å²) in [6, 6.07) is 8.95. The van der Waals surface area contributed by atoms with Gasteiger partial charge >= 0.3 is 6.09 Å². The molecule has 1 fully saturated rings. The Bertz CT molecular complexity index is 1600. The van der Waals surface area contributed by atoms with Crippen LogP contribution < -0.4 is 10.9 Å². The molecule has 1 saturated heterocycles. The predicted octanol–water partition coefficient (Wildman–Crippen LogP) is 4.31. The first kappa shape index (κ1) is 27.5. The molecule has 4 aromatic rings. The molecule has 12 heteroatoms. The summed E-state index contributed by atoms with van der Waals surface area (Å²) in [4.78, 5) is 32.0. The van der Waals surface area contributed by atoms with E-state index >= 15 is 0 Å². The van der Waals surface area contributed by atoms with Crippen LogP contribution in [-0.4, -0.2) is 60.6 Å². The van der Waals surface area contributed by atoms with Gasteiger partial charge in [-0.25, -0.2) is 14.3 Å². The molecular formula is C28H32F2N6O4. The third kappa shape index (κ3) is 5.62. The van der Waals surface area contributed by atoms with Gasteiger partial charge in [-0.05, 0) is 45.2 Å². The van der Waals surface area contributed by atoms with E-state index in [1.54, 1.807) is 38.5 Å². The van der Waals surface area contributed by atoms with E-state index in [1.165, 1.54) is 24.3 Å². The number of alkyl halides is 2. The summed E-state index contributed by atoms with van der Waals surface area (Å²) < 4.78 is 36.8. The van der Waals surface area contributed by atoms with Crippen molar-refractivity contribution in [3.63, 3.8) is 0 Å². The van der Waals surface area contributed by atoms with Crippen LogP contribution in [0.4, 0.5) is 19.4 Å². The normalized spacial score (nSPS) is 15.1. The molecule has 1 aliphatic rings. The molecule has 0 aliphatic carbocycles. The summed E-state index contributed by atoms with van der Waals surface area (Å²) in [6.45, 7) is 5.30. The van der Waals surface area contributed by atoms with Crippen molar-refractivity contribution in [2.75, 3.05) is 25.0 Å². The first-order valence-electron chi connectivity index (χ1n) is 13.1. The highest BCUT2D eigenvalue weighted by Gasteiger charge is 2.31. The van der Waals surface area contributed by atoms with Gasteiger partial charge in [0, 0.05) is 49.6 Å². The number of carbonyl (C=O) groups excluding carboxylic acids is 1. The van der Waals surface area contributed by atoms with Gasteiger partial charge < -0.3 is 24.6 Å². The van der Waals surface area contributed by atoms with E-state index in [0.717, 1.165) is 0 Å². The minimum absolute atomic E-state index is 0.130. The third-order valence-corrected chi connectivity index (χ3v) is 6.91. The van der Waals surface area contributed by atoms with E-state index in [1.807, 2.05) is 20.8 Å². The first-order chi connectivity index (χ1) is 18.9. The predicted molar refractivity (Wildman–Crippen MR) is 146 cm³/mol. The largest absolute Gasteiger partial charge is 0.444 e. The number of nitrogens with one attached hydrogen (secondary N) is 1. The van der Waals surface area contributed by atoms with Crippen LogP contribution >= 0.6 is 0 Å². The zero-order valence-corrected chi connectivity index (χ0v) is 22.6. The minimum Gasteiger partial charge on any atom is -0.444 e. The Kier molecular flexibility index (Phi) is 7.21. The maximum Gasteiger partial charge on any atom is 0.410 e. The molecule has 212 valence electrons. The van der Waals surface area contributed by atoms with Crippen molar-refractivity contribution >= 4 is 28.5 Å². The number of fused-ring (bicyclic) bond motifs is 3. The summed E-state index contributed by atoms with van der Waals surface area (Å²) in [5.41, 5.74) is 0.611. The summed E-state index contributed by atoms with van der Waals surface area (Å²) in [6.07, 6.45) is 4.13. The fraction of sp³-hybridized carbons (Fsp3) is 0.429. The van der Waals surface area contributed by atoms with Crippen molar-refractivity contribution in [2.24, 2.45) is 0 Å². The van der Waals surface area contributed by atoms with E-state index in [0.29, 0.717) is 53.9 Å². The molecule has 10 nitrogen and oxygen atoms in total. The molecule has 1 aromatic carbocycles. The summed E-state index contributed by atoms with van der Waals surface area (Å²) >= 11 is 0. The number of anilines is 1. The molecule has 4 heterocycles. The van der Waals surface area contributed by atoms with Crippen LogP contribution in [-0.2, 0) is 17.2 Å². The van der Waals surface area contributed by atoms with Crippen molar-refractivity contribution in [3.05, 3.63) is 70.3 Å². The van der Waals surface area contributed by atoms with Crippen molar-refractivity contribution in [3.8, 4) is 0 Å². The Morgan fingerprint density at radius 1 is 1.18 bits per heavy atom. The second kappa shape index (κ2) is 10.5. The van der Waals surface area contributed by atoms with Crippen LogP contribution in [0.5, 0.6) is 0 Å². The zero-order valence-electron chi connectivity index (χ0n) is 22.6. The number of ether oxygens (including phenoxy) is 1. The number of aliphatic hydroxyl groups is 1. The number of halogens is 2. The average molecular weight is 555 g/mol. The van der Waals surface area contributed by atoms with E-state index in [2.05, 4.69) is 15.4 Å². The third-order valence-electron chi connectivity index (χ3n) is 6.91. The number of benzene rings is 1. The first-order valence-corrected chi connectivity index (χ1v) is 13.1. The highest BCUT2D eigenvalue weighted by atomic mass is 19.3. The van der Waals surface area contributed by atoms with Crippen molar-refractivity contribution in [1.82, 2.24) is 24.1 Å². The topological polar surface area (TPSA) is 114 Å². The van der Waals surface area contributed by atoms with Gasteiger partial charge in [-0.3, -0.25) is 4.79 Å². The van der Waals surface area contributed by atoms with Gasteiger partial charge in [0.2, 0.25) is 0 Å². The number of rotatable bonds is 6. The van der Waals surface area contributed by atoms with Gasteiger partial charge in [0.25, 0.3) is 11.5 Å². The second-order valence-electron chi connectivity index (χ2n) is 11.0. The van der Waals surface area contributed by atoms with E-state index < -0.39 is 18.1 Å². The molecular weight excluding hydrogens is 522 g/mol. The molecule has 1 aliphatic heterocycles. The smallest absolute Gasteiger partial charge is 0.410 e. The Balaban J connectivity index is 1.43. The van der Waals surface area contributed by atoms with Crippen LogP contribution in [0.2, 0.25) is 0 Å². The zero-order chi connectivity index (χ0) is 28.7. The average Bonchev–Trinajstić information content (AvgIpc) is 3.39. The van der Waals surface area contributed by atoms with Gasteiger partial charge in [0.1, 0.15) is 18.0 Å². The van der Waals surface area contributed by atoms with Crippen molar-refractivity contribution in [1.29, 1.82) is 0 Å². The Morgan fingerprint density at radius 3 is 2.62 bits per heavy atom. The number of aromatic nitrogens is 4. The number of piperidine rings is 1. The van der Waals surface area contributed by atoms with Gasteiger partial charge in [-0.15, -0.1) is 0 Å². The molecule has 0 spiro atoms. The SMILES string of the molecule is CC(C)(C)OC(=O)N1CCC(n2cc3c(NCc4cccc(C(F)(F)CO)c4)nc4ccnn4c3cc2=O)CC1. The summed E-state index contributed by atoms with van der Waals surface area (Å²) in [5.74, 6) is -2.87. The highest BCUT2D eigenvalue weighted by Crippen LogP contribution is 2.29. The maximum absolute atomic E-state index is 14.0. The van der Waals surface area contributed by atoms with Gasteiger partial charge in [0.05, 0.1) is 17.1 Å². The molecule has 0 bridgehead atoms. The lowest BCUT2D eigenvalue weighted by Gasteiger charge is -2.34. The Labute approximate surface area is 229 Å². The molecule has 0 unspecified atom stereocenters. The molecule has 3 aromatic heterocycles. The monoisotopic (exact) mass is 554 g/mol. The van der Waals surface area contributed by atoms with Crippen LogP contribution in [0.25, 0.3) is 16.6 Å². The van der Waals surface area contributed by atoms with Crippen LogP contribution in [0.1, 0.15) is 50.8 Å². The standard InChI is InChI=1S/C28H32F2N6O4/c1-27(2,3)40-26(39)34-11-8-20(9-12-34)35-16-21-22(14-24(35)38)36-23(7-10-32-36)33-25(21)31-15-18-5-4-6-19(13-18)28(29,30)17-37/h4-7,10,13-14,16,20,37H,8-9,11-12,15,17H2,1-3H3,(H,31,33). The Morgan fingerprint density at radius 2 is 1.93 bits per heavy atom. The van der Waals surface area contributed by atoms with E-state index in [4.69, 9.17) is 9.84 Å². The van der Waals surface area contributed by atoms with E-state index in [-0.39, 0.29) is 29.8 Å². The lowest BCUT2D eigenvalue weighted by atomic mass is 10.0. The van der Waals surface area contributed by atoms with Gasteiger partial charge in [-0.2, -0.15) is 13.9 Å². The summed E-state index contributed by atoms with van der Waals surface area (Å²) in [7, 11) is 0. The number of amides is 1. The molecule has 0 saturated carbocycles. The number of aliphatic hydroxyl groups excluding tert-OH is 1. The molecule has 0 radical (unpaired) electrons. The van der Waals surface area contributed by atoms with Gasteiger partial charge in [-0.1, -0.05) is 18.2 Å². The fourth-order valence-corrected chi connectivity index (χ4v) is 4.90. The maximum atomic E-state index is 14.0. The van der Waals surface area contributed by atoms with Crippen molar-refractivity contribution < 1.29 is 23.4 Å². The number of nitrogens with zero attached hydrogens (tertiary/aromatic N) is 5.